The van der Waals surface area contributed by atoms with Crippen LogP contribution in [0.25, 0.3) is 5.82 Å². The maximum absolute atomic E-state index is 10.8. The second kappa shape index (κ2) is 6.79. The first-order chi connectivity index (χ1) is 12.7. The molecule has 9 nitrogen and oxygen atoms in total. The van der Waals surface area contributed by atoms with Gasteiger partial charge in [-0.1, -0.05) is 0 Å². The number of piperazine rings is 1. The fraction of sp³-hybridized carbons (Fsp3) is 0.235. The predicted octanol–water partition coefficient (Wildman–Crippen LogP) is 1.90. The molecular weight excluding hydrogens is 334 g/mol. The number of anilines is 2. The Hall–Kier alpha value is -3.49. The highest BCUT2D eigenvalue weighted by Gasteiger charge is 2.19. The molecule has 0 unspecified atom stereocenters. The molecule has 132 valence electrons. The lowest BCUT2D eigenvalue weighted by Crippen LogP contribution is -2.46. The smallest absolute Gasteiger partial charge is 0.269 e. The number of rotatable bonds is 4. The zero-order valence-corrected chi connectivity index (χ0v) is 14.0. The summed E-state index contributed by atoms with van der Waals surface area (Å²) in [6.07, 6.45) is 6.98. The Bertz CT molecular complexity index is 888. The van der Waals surface area contributed by atoms with Gasteiger partial charge in [0.2, 0.25) is 0 Å². The van der Waals surface area contributed by atoms with E-state index < -0.39 is 0 Å². The molecule has 1 saturated heterocycles. The molecule has 0 saturated carbocycles. The van der Waals surface area contributed by atoms with E-state index in [1.54, 1.807) is 47.5 Å². The lowest BCUT2D eigenvalue weighted by Gasteiger charge is -2.36. The van der Waals surface area contributed by atoms with Crippen molar-refractivity contribution in [1.29, 1.82) is 0 Å². The summed E-state index contributed by atoms with van der Waals surface area (Å²) in [6.45, 7) is 3.22. The lowest BCUT2D eigenvalue weighted by molar-refractivity contribution is -0.384. The molecule has 0 radical (unpaired) electrons. The average molecular weight is 351 g/mol. The molecule has 0 atom stereocenters. The van der Waals surface area contributed by atoms with Crippen LogP contribution >= 0.6 is 0 Å². The van der Waals surface area contributed by atoms with Crippen LogP contribution in [-0.2, 0) is 0 Å². The molecule has 1 aliphatic rings. The highest BCUT2D eigenvalue weighted by molar-refractivity contribution is 5.52. The Morgan fingerprint density at radius 3 is 2.31 bits per heavy atom. The molecule has 9 heteroatoms. The van der Waals surface area contributed by atoms with Crippen LogP contribution < -0.4 is 9.80 Å². The summed E-state index contributed by atoms with van der Waals surface area (Å²) < 4.78 is 1.68. The zero-order chi connectivity index (χ0) is 17.9. The third-order valence-electron chi connectivity index (χ3n) is 4.38. The zero-order valence-electron chi connectivity index (χ0n) is 14.0. The van der Waals surface area contributed by atoms with Crippen LogP contribution in [0.2, 0.25) is 0 Å². The summed E-state index contributed by atoms with van der Waals surface area (Å²) >= 11 is 0. The predicted molar refractivity (Wildman–Crippen MR) is 96.7 cm³/mol. The molecule has 3 aromatic rings. The highest BCUT2D eigenvalue weighted by atomic mass is 16.6. The van der Waals surface area contributed by atoms with Crippen LogP contribution in [0.4, 0.5) is 17.2 Å². The molecule has 1 fully saturated rings. The maximum atomic E-state index is 10.8. The van der Waals surface area contributed by atoms with Crippen molar-refractivity contribution >= 4 is 17.2 Å². The van der Waals surface area contributed by atoms with Crippen molar-refractivity contribution in [2.75, 3.05) is 36.0 Å². The molecule has 1 aliphatic heterocycles. The molecule has 0 spiro atoms. The normalized spacial score (nSPS) is 14.5. The number of hydrogen-bond acceptors (Lipinski definition) is 7. The Morgan fingerprint density at radius 2 is 1.65 bits per heavy atom. The fourth-order valence-corrected chi connectivity index (χ4v) is 2.99. The van der Waals surface area contributed by atoms with Gasteiger partial charge >= 0.3 is 0 Å². The van der Waals surface area contributed by atoms with Crippen LogP contribution in [0, 0.1) is 10.1 Å². The van der Waals surface area contributed by atoms with Gasteiger partial charge in [0.1, 0.15) is 5.82 Å². The van der Waals surface area contributed by atoms with E-state index in [0.717, 1.165) is 37.7 Å². The van der Waals surface area contributed by atoms with E-state index in [1.807, 2.05) is 12.3 Å². The number of hydrogen-bond donors (Lipinski definition) is 0. The summed E-state index contributed by atoms with van der Waals surface area (Å²) in [5.74, 6) is 1.51. The van der Waals surface area contributed by atoms with E-state index in [1.165, 1.54) is 0 Å². The minimum absolute atomic E-state index is 0.109. The van der Waals surface area contributed by atoms with Gasteiger partial charge in [0, 0.05) is 56.4 Å². The second-order valence-electron chi connectivity index (χ2n) is 5.93. The standard InChI is InChI=1S/C17H17N7O2/c25-24(26)15-4-2-14(3-5-15)21-8-10-22(11-9-21)16-12-18-13-17(20-16)23-7-1-6-19-23/h1-7,12-13H,8-11H2. The van der Waals surface area contributed by atoms with Crippen molar-refractivity contribution in [3.63, 3.8) is 0 Å². The van der Waals surface area contributed by atoms with Crippen LogP contribution in [-0.4, -0.2) is 50.9 Å². The molecule has 3 heterocycles. The van der Waals surface area contributed by atoms with Crippen molar-refractivity contribution < 1.29 is 4.92 Å². The van der Waals surface area contributed by atoms with Gasteiger partial charge in [0.15, 0.2) is 5.82 Å². The van der Waals surface area contributed by atoms with E-state index in [9.17, 15) is 10.1 Å². The minimum atomic E-state index is -0.382. The first-order valence-corrected chi connectivity index (χ1v) is 8.27. The monoisotopic (exact) mass is 351 g/mol. The minimum Gasteiger partial charge on any atom is -0.368 e. The van der Waals surface area contributed by atoms with Gasteiger partial charge in [-0.15, -0.1) is 0 Å². The van der Waals surface area contributed by atoms with Crippen molar-refractivity contribution in [1.82, 2.24) is 19.7 Å². The number of benzene rings is 1. The molecule has 0 N–H and O–H groups in total. The third kappa shape index (κ3) is 3.18. The van der Waals surface area contributed by atoms with Crippen LogP contribution in [0.15, 0.2) is 55.1 Å². The SMILES string of the molecule is O=[N+]([O-])c1ccc(N2CCN(c3cncc(-n4cccn4)n3)CC2)cc1. The van der Waals surface area contributed by atoms with Gasteiger partial charge in [0.05, 0.1) is 17.3 Å². The van der Waals surface area contributed by atoms with Crippen molar-refractivity contribution in [2.45, 2.75) is 0 Å². The molecule has 1 aromatic carbocycles. The molecule has 26 heavy (non-hydrogen) atoms. The molecule has 2 aromatic heterocycles. The molecule has 0 aliphatic carbocycles. The first-order valence-electron chi connectivity index (χ1n) is 8.27. The van der Waals surface area contributed by atoms with Gasteiger partial charge in [0.25, 0.3) is 5.69 Å². The van der Waals surface area contributed by atoms with Crippen LogP contribution in [0.3, 0.4) is 0 Å². The highest BCUT2D eigenvalue weighted by Crippen LogP contribution is 2.22. The van der Waals surface area contributed by atoms with E-state index in [0.29, 0.717) is 5.82 Å². The van der Waals surface area contributed by atoms with Crippen LogP contribution in [0.5, 0.6) is 0 Å². The maximum Gasteiger partial charge on any atom is 0.269 e. The van der Waals surface area contributed by atoms with Crippen LogP contribution in [0.1, 0.15) is 0 Å². The summed E-state index contributed by atoms with van der Waals surface area (Å²) in [5.41, 5.74) is 1.10. The van der Waals surface area contributed by atoms with Gasteiger partial charge in [-0.2, -0.15) is 5.10 Å². The number of nitro benzene ring substituents is 1. The molecular formula is C17H17N7O2. The quantitative estimate of drug-likeness (QED) is 0.523. The second-order valence-corrected chi connectivity index (χ2v) is 5.93. The molecule has 0 bridgehead atoms. The summed E-state index contributed by atoms with van der Waals surface area (Å²) in [5, 5.41) is 15.0. The number of nitro groups is 1. The number of aromatic nitrogens is 4. The summed E-state index contributed by atoms with van der Waals surface area (Å²) in [7, 11) is 0. The van der Waals surface area contributed by atoms with Gasteiger partial charge < -0.3 is 9.80 Å². The van der Waals surface area contributed by atoms with Crippen molar-refractivity contribution in [3.05, 3.63) is 65.2 Å². The Kier molecular flexibility index (Phi) is 4.18. The van der Waals surface area contributed by atoms with Gasteiger partial charge in [-0.25, -0.2) is 9.67 Å². The summed E-state index contributed by atoms with van der Waals surface area (Å²) in [4.78, 5) is 23.7. The van der Waals surface area contributed by atoms with Gasteiger partial charge in [-0.3, -0.25) is 15.1 Å². The van der Waals surface area contributed by atoms with E-state index >= 15 is 0 Å². The topological polar surface area (TPSA) is 93.2 Å². The van der Waals surface area contributed by atoms with E-state index in [4.69, 9.17) is 0 Å². The molecule has 0 amide bonds. The number of non-ortho nitro benzene ring substituents is 1. The summed E-state index contributed by atoms with van der Waals surface area (Å²) in [6, 6.07) is 8.52. The Balaban J connectivity index is 1.43. The van der Waals surface area contributed by atoms with Crippen molar-refractivity contribution in [3.8, 4) is 5.82 Å². The van der Waals surface area contributed by atoms with Gasteiger partial charge in [-0.05, 0) is 18.2 Å². The Morgan fingerprint density at radius 1 is 0.962 bits per heavy atom. The first kappa shape index (κ1) is 16.0. The third-order valence-corrected chi connectivity index (χ3v) is 4.38. The fourth-order valence-electron chi connectivity index (χ4n) is 2.99. The molecule has 4 rings (SSSR count). The van der Waals surface area contributed by atoms with E-state index in [2.05, 4.69) is 24.9 Å². The lowest BCUT2D eigenvalue weighted by atomic mass is 10.2. The average Bonchev–Trinajstić information content (AvgIpc) is 3.23. The number of nitrogens with zero attached hydrogens (tertiary/aromatic N) is 7. The Labute approximate surface area is 149 Å². The van der Waals surface area contributed by atoms with Crippen molar-refractivity contribution in [2.24, 2.45) is 0 Å². The van der Waals surface area contributed by atoms with E-state index in [-0.39, 0.29) is 10.6 Å². The largest absolute Gasteiger partial charge is 0.368 e.